The van der Waals surface area contributed by atoms with E-state index in [4.69, 9.17) is 4.74 Å². The lowest BCUT2D eigenvalue weighted by Gasteiger charge is -2.24. The molecule has 0 aromatic rings. The second kappa shape index (κ2) is 9.67. The number of sulfonamides is 1. The van der Waals surface area contributed by atoms with E-state index in [1.165, 1.54) is 0 Å². The lowest BCUT2D eigenvalue weighted by Crippen LogP contribution is -2.42. The summed E-state index contributed by atoms with van der Waals surface area (Å²) in [4.78, 5) is 22.5. The summed E-state index contributed by atoms with van der Waals surface area (Å²) < 4.78 is 36.5. The average Bonchev–Trinajstić information content (AvgIpc) is 2.51. The largest absolute Gasteiger partial charge is 0.463 e. The Kier molecular flexibility index (Phi) is 8.25. The fourth-order valence-corrected chi connectivity index (χ4v) is 4.14. The molecule has 0 spiro atoms. The molecule has 1 atom stereocenters. The van der Waals surface area contributed by atoms with Crippen molar-refractivity contribution in [3.8, 4) is 0 Å². The minimum atomic E-state index is -3.40. The quantitative estimate of drug-likeness (QED) is 0.525. The molecule has 23 heavy (non-hydrogen) atoms. The molecule has 1 unspecified atom stereocenters. The van der Waals surface area contributed by atoms with Gasteiger partial charge in [-0.15, -0.1) is 0 Å². The summed E-state index contributed by atoms with van der Waals surface area (Å²) in [5.74, 6) is -1.35. The van der Waals surface area contributed by atoms with Crippen LogP contribution in [0, 0.1) is 0 Å². The lowest BCUT2D eigenvalue weighted by molar-refractivity contribution is -0.140. The maximum atomic E-state index is 12.2. The number of nitrogens with one attached hydrogen (secondary N) is 1. The monoisotopic (exact) mass is 347 g/mol. The second-order valence-corrected chi connectivity index (χ2v) is 7.53. The van der Waals surface area contributed by atoms with Gasteiger partial charge in [-0.2, -0.15) is 0 Å². The fourth-order valence-electron chi connectivity index (χ4n) is 2.37. The Balaban J connectivity index is 2.36. The van der Waals surface area contributed by atoms with E-state index in [1.807, 2.05) is 0 Å². The van der Waals surface area contributed by atoms with Crippen LogP contribution in [0.5, 0.6) is 0 Å². The van der Waals surface area contributed by atoms with Gasteiger partial charge < -0.3 is 9.47 Å². The number of rotatable bonds is 8. The molecule has 1 aliphatic rings. The van der Waals surface area contributed by atoms with E-state index < -0.39 is 28.0 Å². The zero-order valence-corrected chi connectivity index (χ0v) is 14.4. The smallest absolute Gasteiger partial charge is 0.331 e. The zero-order valence-electron chi connectivity index (χ0n) is 13.6. The second-order valence-electron chi connectivity index (χ2n) is 5.54. The molecule has 0 bridgehead atoms. The van der Waals surface area contributed by atoms with Crippen molar-refractivity contribution >= 4 is 22.0 Å². The minimum absolute atomic E-state index is 0.0993. The third kappa shape index (κ3) is 7.60. The van der Waals surface area contributed by atoms with Gasteiger partial charge in [-0.3, -0.25) is 0 Å². The Morgan fingerprint density at radius 2 is 1.70 bits per heavy atom. The third-order valence-corrected chi connectivity index (χ3v) is 5.55. The van der Waals surface area contributed by atoms with E-state index in [1.54, 1.807) is 13.8 Å². The third-order valence-electron chi connectivity index (χ3n) is 3.47. The van der Waals surface area contributed by atoms with Gasteiger partial charge >= 0.3 is 11.9 Å². The van der Waals surface area contributed by atoms with Gasteiger partial charge in [0, 0.05) is 12.2 Å². The standard InChI is InChI=1S/C15H25NO6S/c1-3-21-14(17)9-10-15(18)22-11-12(2)16-23(19,20)13-7-5-4-6-8-13/h9-10,12-13,16H,3-8,11H2,1-2H3/b10-9+. The highest BCUT2D eigenvalue weighted by molar-refractivity contribution is 7.90. The molecular formula is C15H25NO6S. The molecule has 1 fully saturated rings. The van der Waals surface area contributed by atoms with Gasteiger partial charge in [-0.1, -0.05) is 19.3 Å². The van der Waals surface area contributed by atoms with E-state index in [9.17, 15) is 18.0 Å². The number of esters is 2. The molecule has 0 amide bonds. The highest BCUT2D eigenvalue weighted by Crippen LogP contribution is 2.23. The first-order valence-corrected chi connectivity index (χ1v) is 9.42. The van der Waals surface area contributed by atoms with Crippen molar-refractivity contribution in [3.63, 3.8) is 0 Å². The molecule has 1 aliphatic carbocycles. The highest BCUT2D eigenvalue weighted by atomic mass is 32.2. The molecule has 8 heteroatoms. The molecule has 0 heterocycles. The van der Waals surface area contributed by atoms with Crippen molar-refractivity contribution in [2.45, 2.75) is 57.2 Å². The van der Waals surface area contributed by atoms with Crippen LogP contribution in [-0.4, -0.2) is 44.9 Å². The van der Waals surface area contributed by atoms with Crippen LogP contribution in [0.4, 0.5) is 0 Å². The zero-order chi connectivity index (χ0) is 17.3. The molecule has 0 saturated heterocycles. The Morgan fingerprint density at radius 3 is 2.26 bits per heavy atom. The van der Waals surface area contributed by atoms with Gasteiger partial charge in [0.25, 0.3) is 0 Å². The summed E-state index contributed by atoms with van der Waals surface area (Å²) >= 11 is 0. The summed E-state index contributed by atoms with van der Waals surface area (Å²) in [6, 6.07) is -0.526. The van der Waals surface area contributed by atoms with Crippen molar-refractivity contribution in [2.24, 2.45) is 0 Å². The lowest BCUT2D eigenvalue weighted by atomic mass is 10.0. The molecule has 0 aromatic carbocycles. The van der Waals surface area contributed by atoms with Crippen LogP contribution in [0.2, 0.25) is 0 Å². The van der Waals surface area contributed by atoms with Crippen molar-refractivity contribution in [1.82, 2.24) is 4.72 Å². The van der Waals surface area contributed by atoms with Crippen LogP contribution >= 0.6 is 0 Å². The summed E-state index contributed by atoms with van der Waals surface area (Å²) in [6.45, 7) is 3.41. The fraction of sp³-hybridized carbons (Fsp3) is 0.733. The molecule has 1 N–H and O–H groups in total. The van der Waals surface area contributed by atoms with Gasteiger partial charge in [0.2, 0.25) is 10.0 Å². The van der Waals surface area contributed by atoms with E-state index in [0.29, 0.717) is 12.8 Å². The topological polar surface area (TPSA) is 98.8 Å². The molecular weight excluding hydrogens is 322 g/mol. The highest BCUT2D eigenvalue weighted by Gasteiger charge is 2.28. The van der Waals surface area contributed by atoms with Crippen molar-refractivity contribution in [1.29, 1.82) is 0 Å². The Morgan fingerprint density at radius 1 is 1.13 bits per heavy atom. The number of carbonyl (C=O) groups is 2. The maximum absolute atomic E-state index is 12.2. The number of hydrogen-bond donors (Lipinski definition) is 1. The molecule has 1 saturated carbocycles. The average molecular weight is 347 g/mol. The van der Waals surface area contributed by atoms with Crippen molar-refractivity contribution in [3.05, 3.63) is 12.2 Å². The van der Waals surface area contributed by atoms with Crippen LogP contribution in [-0.2, 0) is 29.1 Å². The minimum Gasteiger partial charge on any atom is -0.463 e. The van der Waals surface area contributed by atoms with Gasteiger partial charge in [-0.05, 0) is 26.7 Å². The van der Waals surface area contributed by atoms with Crippen LogP contribution in [0.3, 0.4) is 0 Å². The number of ether oxygens (including phenoxy) is 2. The molecule has 7 nitrogen and oxygen atoms in total. The Hall–Kier alpha value is -1.41. The molecule has 0 aromatic heterocycles. The van der Waals surface area contributed by atoms with Gasteiger partial charge in [-0.25, -0.2) is 22.7 Å². The summed E-state index contributed by atoms with van der Waals surface area (Å²) in [7, 11) is -3.40. The van der Waals surface area contributed by atoms with Gasteiger partial charge in [0.15, 0.2) is 0 Å². The Bertz CT molecular complexity index is 522. The van der Waals surface area contributed by atoms with Crippen LogP contribution < -0.4 is 4.72 Å². The van der Waals surface area contributed by atoms with E-state index >= 15 is 0 Å². The predicted molar refractivity (Wildman–Crippen MR) is 85.1 cm³/mol. The van der Waals surface area contributed by atoms with Crippen LogP contribution in [0.15, 0.2) is 12.2 Å². The van der Waals surface area contributed by atoms with Crippen molar-refractivity contribution in [2.75, 3.05) is 13.2 Å². The normalized spacial score (nSPS) is 17.8. The Labute approximate surface area is 137 Å². The van der Waals surface area contributed by atoms with E-state index in [2.05, 4.69) is 9.46 Å². The molecule has 0 aliphatic heterocycles. The number of carbonyl (C=O) groups excluding carboxylic acids is 2. The van der Waals surface area contributed by atoms with Crippen LogP contribution in [0.1, 0.15) is 46.0 Å². The first-order chi connectivity index (χ1) is 10.8. The van der Waals surface area contributed by atoms with Gasteiger partial charge in [0.1, 0.15) is 6.61 Å². The predicted octanol–water partition coefficient (Wildman–Crippen LogP) is 1.29. The number of hydrogen-bond acceptors (Lipinski definition) is 6. The summed E-state index contributed by atoms with van der Waals surface area (Å²) in [5.41, 5.74) is 0. The summed E-state index contributed by atoms with van der Waals surface area (Å²) in [6.07, 6.45) is 6.20. The maximum Gasteiger partial charge on any atom is 0.331 e. The van der Waals surface area contributed by atoms with Gasteiger partial charge in [0.05, 0.1) is 17.9 Å². The SMILES string of the molecule is CCOC(=O)/C=C/C(=O)OCC(C)NS(=O)(=O)C1CCCCC1. The molecule has 132 valence electrons. The van der Waals surface area contributed by atoms with E-state index in [0.717, 1.165) is 31.4 Å². The molecule has 1 rings (SSSR count). The first kappa shape index (κ1) is 19.6. The summed E-state index contributed by atoms with van der Waals surface area (Å²) in [5, 5.41) is -0.363. The van der Waals surface area contributed by atoms with Crippen LogP contribution in [0.25, 0.3) is 0 Å². The van der Waals surface area contributed by atoms with E-state index in [-0.39, 0.29) is 18.5 Å². The van der Waals surface area contributed by atoms with Crippen molar-refractivity contribution < 1.29 is 27.5 Å². The first-order valence-electron chi connectivity index (χ1n) is 7.88. The molecule has 0 radical (unpaired) electrons.